The summed E-state index contributed by atoms with van der Waals surface area (Å²) in [5, 5.41) is 3.99. The predicted molar refractivity (Wildman–Crippen MR) is 120 cm³/mol. The van der Waals surface area contributed by atoms with Crippen LogP contribution in [0.25, 0.3) is 10.9 Å². The molecule has 7 nitrogen and oxygen atoms in total. The van der Waals surface area contributed by atoms with Crippen LogP contribution in [-0.2, 0) is 26.1 Å². The van der Waals surface area contributed by atoms with Gasteiger partial charge in [0.1, 0.15) is 0 Å². The molecule has 0 spiro atoms. The number of sulfonamides is 1. The number of carbonyl (C=O) groups excluding carboxylic acids is 1. The van der Waals surface area contributed by atoms with E-state index >= 15 is 0 Å². The summed E-state index contributed by atoms with van der Waals surface area (Å²) in [4.78, 5) is 13.3. The molecule has 1 aliphatic heterocycles. The number of ether oxygens (including phenoxy) is 1. The molecule has 2 aromatic carbocycles. The van der Waals surface area contributed by atoms with E-state index in [2.05, 4.69) is 9.88 Å². The van der Waals surface area contributed by atoms with Crippen molar-refractivity contribution in [2.45, 2.75) is 24.3 Å². The van der Waals surface area contributed by atoms with Crippen LogP contribution in [0.3, 0.4) is 0 Å². The third-order valence-corrected chi connectivity index (χ3v) is 7.62. The lowest BCUT2D eigenvalue weighted by molar-refractivity contribution is -0.120. The minimum Gasteiger partial charge on any atom is -0.383 e. The monoisotopic (exact) mass is 441 g/mol. The first kappa shape index (κ1) is 21.5. The number of methoxy groups -OCH3 is 1. The molecule has 1 aromatic heterocycles. The summed E-state index contributed by atoms with van der Waals surface area (Å²) < 4.78 is 34.6. The van der Waals surface area contributed by atoms with Crippen molar-refractivity contribution in [3.05, 3.63) is 60.8 Å². The molecule has 0 unspecified atom stereocenters. The van der Waals surface area contributed by atoms with Gasteiger partial charge in [0.05, 0.1) is 28.6 Å². The molecule has 1 saturated heterocycles. The molecule has 1 atom stereocenters. The van der Waals surface area contributed by atoms with Gasteiger partial charge in [-0.25, -0.2) is 8.42 Å². The quantitative estimate of drug-likeness (QED) is 0.610. The standard InChI is InChI=1S/C23H27N3O4S/c1-30-16-15-25-14-12-20-21(10-5-11-22(20)25)24-23(27)18-7-6-13-26(17-18)31(28,29)19-8-3-2-4-9-19/h2-5,8-12,14,18H,6-7,13,15-17H2,1H3,(H,24,27)/t18-/m1/s1. The Morgan fingerprint density at radius 3 is 2.71 bits per heavy atom. The van der Waals surface area contributed by atoms with E-state index in [1.165, 1.54) is 4.31 Å². The molecular weight excluding hydrogens is 414 g/mol. The molecule has 1 N–H and O–H groups in total. The van der Waals surface area contributed by atoms with Gasteiger partial charge in [-0.05, 0) is 43.2 Å². The number of amides is 1. The molecule has 1 aliphatic rings. The highest BCUT2D eigenvalue weighted by molar-refractivity contribution is 7.89. The summed E-state index contributed by atoms with van der Waals surface area (Å²) in [6.07, 6.45) is 3.30. The lowest BCUT2D eigenvalue weighted by Crippen LogP contribution is -2.43. The van der Waals surface area contributed by atoms with Crippen LogP contribution in [0.4, 0.5) is 5.69 Å². The van der Waals surface area contributed by atoms with Crippen LogP contribution >= 0.6 is 0 Å². The second-order valence-corrected chi connectivity index (χ2v) is 9.68. The number of fused-ring (bicyclic) bond motifs is 1. The van der Waals surface area contributed by atoms with E-state index in [1.54, 1.807) is 37.4 Å². The van der Waals surface area contributed by atoms with Gasteiger partial charge >= 0.3 is 0 Å². The van der Waals surface area contributed by atoms with Crippen molar-refractivity contribution in [2.24, 2.45) is 5.92 Å². The lowest BCUT2D eigenvalue weighted by Gasteiger charge is -2.31. The van der Waals surface area contributed by atoms with E-state index in [0.29, 0.717) is 26.0 Å². The van der Waals surface area contributed by atoms with Gasteiger partial charge in [0.2, 0.25) is 15.9 Å². The number of hydrogen-bond donors (Lipinski definition) is 1. The van der Waals surface area contributed by atoms with Gasteiger partial charge in [-0.1, -0.05) is 24.3 Å². The third kappa shape index (κ3) is 4.51. The molecule has 3 aromatic rings. The molecule has 1 amide bonds. The zero-order chi connectivity index (χ0) is 21.8. The second kappa shape index (κ2) is 9.21. The number of aromatic nitrogens is 1. The molecule has 0 aliphatic carbocycles. The molecule has 4 rings (SSSR count). The Morgan fingerprint density at radius 1 is 1.13 bits per heavy atom. The molecule has 31 heavy (non-hydrogen) atoms. The van der Waals surface area contributed by atoms with Crippen LogP contribution in [-0.4, -0.2) is 50.0 Å². The molecule has 8 heteroatoms. The molecule has 0 bridgehead atoms. The number of rotatable bonds is 7. The van der Waals surface area contributed by atoms with Crippen molar-refractivity contribution >= 4 is 32.5 Å². The number of hydrogen-bond acceptors (Lipinski definition) is 4. The van der Waals surface area contributed by atoms with Gasteiger partial charge in [0.15, 0.2) is 0 Å². The van der Waals surface area contributed by atoms with Crippen LogP contribution in [0.2, 0.25) is 0 Å². The lowest BCUT2D eigenvalue weighted by atomic mass is 9.98. The summed E-state index contributed by atoms with van der Waals surface area (Å²) in [6.45, 7) is 1.95. The highest BCUT2D eigenvalue weighted by atomic mass is 32.2. The minimum absolute atomic E-state index is 0.148. The molecule has 164 valence electrons. The van der Waals surface area contributed by atoms with Gasteiger partial charge in [-0.15, -0.1) is 0 Å². The highest BCUT2D eigenvalue weighted by Crippen LogP contribution is 2.28. The summed E-state index contributed by atoms with van der Waals surface area (Å²) in [7, 11) is -1.93. The van der Waals surface area contributed by atoms with E-state index in [0.717, 1.165) is 23.1 Å². The van der Waals surface area contributed by atoms with Crippen LogP contribution in [0.15, 0.2) is 65.7 Å². The van der Waals surface area contributed by atoms with Crippen molar-refractivity contribution in [1.29, 1.82) is 0 Å². The Morgan fingerprint density at radius 2 is 1.94 bits per heavy atom. The molecule has 0 radical (unpaired) electrons. The fourth-order valence-electron chi connectivity index (χ4n) is 4.07. The van der Waals surface area contributed by atoms with E-state index in [9.17, 15) is 13.2 Å². The average Bonchev–Trinajstić information content (AvgIpc) is 3.22. The smallest absolute Gasteiger partial charge is 0.243 e. The molecule has 2 heterocycles. The minimum atomic E-state index is -3.60. The van der Waals surface area contributed by atoms with Crippen molar-refractivity contribution in [3.63, 3.8) is 0 Å². The fraction of sp³-hybridized carbons (Fsp3) is 0.348. The number of anilines is 1. The van der Waals surface area contributed by atoms with Crippen molar-refractivity contribution in [2.75, 3.05) is 32.1 Å². The molecule has 1 fully saturated rings. The third-order valence-electron chi connectivity index (χ3n) is 5.74. The van der Waals surface area contributed by atoms with Gasteiger partial charge < -0.3 is 14.6 Å². The van der Waals surface area contributed by atoms with Crippen LogP contribution in [0.1, 0.15) is 12.8 Å². The maximum absolute atomic E-state index is 13.0. The van der Waals surface area contributed by atoms with E-state index in [1.807, 2.05) is 30.5 Å². The van der Waals surface area contributed by atoms with E-state index in [-0.39, 0.29) is 17.3 Å². The van der Waals surface area contributed by atoms with Crippen LogP contribution < -0.4 is 5.32 Å². The summed E-state index contributed by atoms with van der Waals surface area (Å²) >= 11 is 0. The molecular formula is C23H27N3O4S. The second-order valence-electron chi connectivity index (χ2n) is 7.74. The van der Waals surface area contributed by atoms with Gasteiger partial charge in [0.25, 0.3) is 0 Å². The largest absolute Gasteiger partial charge is 0.383 e. The zero-order valence-electron chi connectivity index (χ0n) is 17.5. The first-order valence-corrected chi connectivity index (χ1v) is 11.9. The number of nitrogens with zero attached hydrogens (tertiary/aromatic N) is 2. The first-order valence-electron chi connectivity index (χ1n) is 10.4. The van der Waals surface area contributed by atoms with E-state index < -0.39 is 15.9 Å². The zero-order valence-corrected chi connectivity index (χ0v) is 18.3. The van der Waals surface area contributed by atoms with Gasteiger partial charge in [0, 0.05) is 38.3 Å². The topological polar surface area (TPSA) is 80.6 Å². The van der Waals surface area contributed by atoms with Crippen molar-refractivity contribution in [1.82, 2.24) is 8.87 Å². The number of benzene rings is 2. The average molecular weight is 442 g/mol. The predicted octanol–water partition coefficient (Wildman–Crippen LogP) is 3.33. The number of piperidine rings is 1. The van der Waals surface area contributed by atoms with Crippen LogP contribution in [0, 0.1) is 5.92 Å². The van der Waals surface area contributed by atoms with E-state index in [4.69, 9.17) is 4.74 Å². The summed E-state index contributed by atoms with van der Waals surface area (Å²) in [6, 6.07) is 16.2. The highest BCUT2D eigenvalue weighted by Gasteiger charge is 2.33. The number of carbonyl (C=O) groups is 1. The SMILES string of the molecule is COCCn1ccc2c(NC(=O)[C@@H]3CCCN(S(=O)(=O)c4ccccc4)C3)cccc21. The van der Waals surface area contributed by atoms with Crippen molar-refractivity contribution < 1.29 is 17.9 Å². The summed E-state index contributed by atoms with van der Waals surface area (Å²) in [5.41, 5.74) is 1.76. The Hall–Kier alpha value is -2.68. The fourth-order valence-corrected chi connectivity index (χ4v) is 5.61. The molecule has 0 saturated carbocycles. The van der Waals surface area contributed by atoms with Crippen LogP contribution in [0.5, 0.6) is 0 Å². The summed E-state index contributed by atoms with van der Waals surface area (Å²) in [5.74, 6) is -0.539. The Labute approximate surface area is 182 Å². The maximum Gasteiger partial charge on any atom is 0.243 e. The van der Waals surface area contributed by atoms with Crippen molar-refractivity contribution in [3.8, 4) is 0 Å². The number of nitrogens with one attached hydrogen (secondary N) is 1. The van der Waals surface area contributed by atoms with Gasteiger partial charge in [-0.2, -0.15) is 4.31 Å². The Balaban J connectivity index is 1.50. The Bertz CT molecular complexity index is 1160. The maximum atomic E-state index is 13.0. The normalized spacial score (nSPS) is 17.6. The van der Waals surface area contributed by atoms with Gasteiger partial charge in [-0.3, -0.25) is 4.79 Å². The Kier molecular flexibility index (Phi) is 6.41. The first-order chi connectivity index (χ1) is 15.0.